The molecule has 0 aliphatic heterocycles. The summed E-state index contributed by atoms with van der Waals surface area (Å²) >= 11 is 0. The molecule has 4 nitrogen and oxygen atoms in total. The Bertz CT molecular complexity index is 531. The highest BCUT2D eigenvalue weighted by atomic mass is 16.5. The van der Waals surface area contributed by atoms with Gasteiger partial charge in [-0.25, -0.2) is 0 Å². The molecule has 0 saturated carbocycles. The molecule has 0 bridgehead atoms. The fourth-order valence-electron chi connectivity index (χ4n) is 1.76. The second kappa shape index (κ2) is 4.49. The zero-order chi connectivity index (χ0) is 12.4. The number of nitrogen functional groups attached to an aromatic ring is 1. The Morgan fingerprint density at radius 3 is 2.71 bits per heavy atom. The van der Waals surface area contributed by atoms with Gasteiger partial charge in [-0.05, 0) is 31.5 Å². The molecule has 90 valence electrons. The van der Waals surface area contributed by atoms with Crippen LogP contribution in [-0.4, -0.2) is 9.78 Å². The van der Waals surface area contributed by atoms with Crippen molar-refractivity contribution in [3.05, 3.63) is 41.1 Å². The predicted octanol–water partition coefficient (Wildman–Crippen LogP) is 2.20. The smallest absolute Gasteiger partial charge is 0.128 e. The first-order valence-electron chi connectivity index (χ1n) is 5.55. The third kappa shape index (κ3) is 2.41. The summed E-state index contributed by atoms with van der Waals surface area (Å²) in [5, 5.41) is 4.25. The molecule has 1 aromatic carbocycles. The Hall–Kier alpha value is -1.97. The molecule has 1 heterocycles. The van der Waals surface area contributed by atoms with Crippen molar-refractivity contribution in [3.8, 4) is 5.75 Å². The van der Waals surface area contributed by atoms with Gasteiger partial charge in [0.25, 0.3) is 0 Å². The molecule has 0 aliphatic carbocycles. The number of aryl methyl sites for hydroxylation is 3. The van der Waals surface area contributed by atoms with Crippen LogP contribution in [0.2, 0.25) is 0 Å². The minimum Gasteiger partial charge on any atom is -0.489 e. The van der Waals surface area contributed by atoms with Crippen LogP contribution in [0.5, 0.6) is 5.75 Å². The fourth-order valence-corrected chi connectivity index (χ4v) is 1.76. The number of benzene rings is 1. The topological polar surface area (TPSA) is 53.1 Å². The van der Waals surface area contributed by atoms with Crippen LogP contribution in [0.4, 0.5) is 5.82 Å². The summed E-state index contributed by atoms with van der Waals surface area (Å²) in [6, 6.07) is 7.96. The summed E-state index contributed by atoms with van der Waals surface area (Å²) in [5.74, 6) is 1.52. The summed E-state index contributed by atoms with van der Waals surface area (Å²) in [5.41, 5.74) is 8.96. The van der Waals surface area contributed by atoms with E-state index in [0.29, 0.717) is 12.4 Å². The molecule has 0 radical (unpaired) electrons. The highest BCUT2D eigenvalue weighted by Gasteiger charge is 2.10. The van der Waals surface area contributed by atoms with Crippen LogP contribution >= 0.6 is 0 Å². The average Bonchev–Trinajstić information content (AvgIpc) is 2.51. The van der Waals surface area contributed by atoms with Crippen LogP contribution in [0.25, 0.3) is 0 Å². The number of hydrogen-bond acceptors (Lipinski definition) is 3. The summed E-state index contributed by atoms with van der Waals surface area (Å²) in [4.78, 5) is 0. The van der Waals surface area contributed by atoms with E-state index in [-0.39, 0.29) is 0 Å². The van der Waals surface area contributed by atoms with Crippen molar-refractivity contribution in [2.45, 2.75) is 20.5 Å². The van der Waals surface area contributed by atoms with Gasteiger partial charge in [-0.1, -0.05) is 12.1 Å². The van der Waals surface area contributed by atoms with Crippen molar-refractivity contribution in [1.82, 2.24) is 9.78 Å². The Labute approximate surface area is 101 Å². The summed E-state index contributed by atoms with van der Waals surface area (Å²) in [6.07, 6.45) is 0. The van der Waals surface area contributed by atoms with Gasteiger partial charge in [0.1, 0.15) is 18.2 Å². The van der Waals surface area contributed by atoms with E-state index in [2.05, 4.69) is 5.10 Å². The van der Waals surface area contributed by atoms with Gasteiger partial charge < -0.3 is 10.5 Å². The van der Waals surface area contributed by atoms with Gasteiger partial charge in [-0.15, -0.1) is 0 Å². The standard InChI is InChI=1S/C13H17N3O/c1-9-5-4-6-11(7-9)17-8-12-10(2)15-16(3)13(12)14/h4-7H,8,14H2,1-3H3. The van der Waals surface area contributed by atoms with Gasteiger partial charge in [0.15, 0.2) is 0 Å². The molecular formula is C13H17N3O. The van der Waals surface area contributed by atoms with Crippen LogP contribution in [0.1, 0.15) is 16.8 Å². The molecule has 2 N–H and O–H groups in total. The maximum absolute atomic E-state index is 5.92. The van der Waals surface area contributed by atoms with Gasteiger partial charge in [0.05, 0.1) is 11.3 Å². The second-order valence-corrected chi connectivity index (χ2v) is 4.18. The molecule has 0 spiro atoms. The second-order valence-electron chi connectivity index (χ2n) is 4.18. The molecule has 0 amide bonds. The molecule has 2 rings (SSSR count). The molecule has 0 saturated heterocycles. The number of nitrogens with two attached hydrogens (primary N) is 1. The Morgan fingerprint density at radius 2 is 2.12 bits per heavy atom. The minimum atomic E-state index is 0.453. The molecule has 17 heavy (non-hydrogen) atoms. The van der Waals surface area contributed by atoms with Crippen molar-refractivity contribution in [2.75, 3.05) is 5.73 Å². The predicted molar refractivity (Wildman–Crippen MR) is 67.9 cm³/mol. The number of nitrogens with zero attached hydrogens (tertiary/aromatic N) is 2. The molecule has 1 aromatic heterocycles. The lowest BCUT2D eigenvalue weighted by molar-refractivity contribution is 0.306. The van der Waals surface area contributed by atoms with Crippen LogP contribution in [0.3, 0.4) is 0 Å². The van der Waals surface area contributed by atoms with Crippen molar-refractivity contribution in [1.29, 1.82) is 0 Å². The van der Waals surface area contributed by atoms with Crippen LogP contribution < -0.4 is 10.5 Å². The Balaban J connectivity index is 2.12. The largest absolute Gasteiger partial charge is 0.489 e. The highest BCUT2D eigenvalue weighted by molar-refractivity contribution is 5.42. The summed E-state index contributed by atoms with van der Waals surface area (Å²) in [6.45, 7) is 4.43. The number of ether oxygens (including phenoxy) is 1. The molecule has 4 heteroatoms. The maximum atomic E-state index is 5.92. The van der Waals surface area contributed by atoms with Crippen molar-refractivity contribution >= 4 is 5.82 Å². The molecule has 0 fully saturated rings. The van der Waals surface area contributed by atoms with Crippen molar-refractivity contribution in [2.24, 2.45) is 7.05 Å². The first-order chi connectivity index (χ1) is 8.08. The van der Waals surface area contributed by atoms with E-state index >= 15 is 0 Å². The minimum absolute atomic E-state index is 0.453. The molecule has 0 unspecified atom stereocenters. The lowest BCUT2D eigenvalue weighted by atomic mass is 10.2. The van der Waals surface area contributed by atoms with Crippen LogP contribution in [-0.2, 0) is 13.7 Å². The van der Waals surface area contributed by atoms with Crippen molar-refractivity contribution < 1.29 is 4.74 Å². The van der Waals surface area contributed by atoms with E-state index < -0.39 is 0 Å². The monoisotopic (exact) mass is 231 g/mol. The summed E-state index contributed by atoms with van der Waals surface area (Å²) < 4.78 is 7.39. The van der Waals surface area contributed by atoms with Gasteiger partial charge in [0.2, 0.25) is 0 Å². The SMILES string of the molecule is Cc1cccc(OCc2c(C)nn(C)c2N)c1. The van der Waals surface area contributed by atoms with Crippen LogP contribution in [0.15, 0.2) is 24.3 Å². The lowest BCUT2D eigenvalue weighted by Gasteiger charge is -2.07. The first kappa shape index (κ1) is 11.5. The normalized spacial score (nSPS) is 10.5. The van der Waals surface area contributed by atoms with E-state index in [1.165, 1.54) is 5.56 Å². The third-order valence-electron chi connectivity index (χ3n) is 2.77. The molecular weight excluding hydrogens is 214 g/mol. The number of hydrogen-bond donors (Lipinski definition) is 1. The first-order valence-corrected chi connectivity index (χ1v) is 5.55. The Kier molecular flexibility index (Phi) is 3.04. The molecule has 0 atom stereocenters. The molecule has 2 aromatic rings. The van der Waals surface area contributed by atoms with E-state index in [4.69, 9.17) is 10.5 Å². The summed E-state index contributed by atoms with van der Waals surface area (Å²) in [7, 11) is 1.83. The zero-order valence-electron chi connectivity index (χ0n) is 10.4. The zero-order valence-corrected chi connectivity index (χ0v) is 10.4. The Morgan fingerprint density at radius 1 is 1.35 bits per heavy atom. The number of anilines is 1. The van der Waals surface area contributed by atoms with Crippen LogP contribution in [0, 0.1) is 13.8 Å². The van der Waals surface area contributed by atoms with E-state index in [0.717, 1.165) is 17.0 Å². The third-order valence-corrected chi connectivity index (χ3v) is 2.77. The highest BCUT2D eigenvalue weighted by Crippen LogP contribution is 2.19. The van der Waals surface area contributed by atoms with Gasteiger partial charge in [-0.3, -0.25) is 4.68 Å². The van der Waals surface area contributed by atoms with E-state index in [1.807, 2.05) is 45.2 Å². The van der Waals surface area contributed by atoms with Crippen molar-refractivity contribution in [3.63, 3.8) is 0 Å². The van der Waals surface area contributed by atoms with Gasteiger partial charge in [-0.2, -0.15) is 5.10 Å². The van der Waals surface area contributed by atoms with E-state index in [1.54, 1.807) is 4.68 Å². The van der Waals surface area contributed by atoms with Gasteiger partial charge in [0, 0.05) is 7.05 Å². The quantitative estimate of drug-likeness (QED) is 0.881. The van der Waals surface area contributed by atoms with E-state index in [9.17, 15) is 0 Å². The van der Waals surface area contributed by atoms with Gasteiger partial charge >= 0.3 is 0 Å². The lowest BCUT2D eigenvalue weighted by Crippen LogP contribution is -2.02. The fraction of sp³-hybridized carbons (Fsp3) is 0.308. The average molecular weight is 231 g/mol. The number of aromatic nitrogens is 2. The molecule has 0 aliphatic rings. The number of rotatable bonds is 3. The maximum Gasteiger partial charge on any atom is 0.128 e.